The van der Waals surface area contributed by atoms with E-state index in [1.807, 2.05) is 13.0 Å². The third-order valence-electron chi connectivity index (χ3n) is 1.91. The van der Waals surface area contributed by atoms with Gasteiger partial charge in [-0.15, -0.1) is 0 Å². The number of phenols is 1. The predicted molar refractivity (Wildman–Crippen MR) is 50.4 cm³/mol. The minimum Gasteiger partial charge on any atom is -0.508 e. The Labute approximate surface area is 77.4 Å². The van der Waals surface area contributed by atoms with E-state index >= 15 is 0 Å². The lowest BCUT2D eigenvalue weighted by atomic mass is 10.1. The van der Waals surface area contributed by atoms with Crippen molar-refractivity contribution in [2.45, 2.75) is 19.9 Å². The fourth-order valence-corrected chi connectivity index (χ4v) is 1.19. The molecular weight excluding hydrogens is 166 g/mol. The molecule has 0 atom stereocenters. The summed E-state index contributed by atoms with van der Waals surface area (Å²) in [6.07, 6.45) is 1.46. The molecule has 1 amide bonds. The second kappa shape index (κ2) is 4.50. The molecule has 70 valence electrons. The first-order chi connectivity index (χ1) is 6.27. The normalized spacial score (nSPS) is 9.62. The molecule has 0 spiro atoms. The topological polar surface area (TPSA) is 49.3 Å². The van der Waals surface area contributed by atoms with E-state index in [1.54, 1.807) is 12.1 Å². The molecule has 0 unspecified atom stereocenters. The van der Waals surface area contributed by atoms with Crippen LogP contribution in [-0.4, -0.2) is 11.5 Å². The van der Waals surface area contributed by atoms with E-state index in [4.69, 9.17) is 0 Å². The number of aryl methyl sites for hydroxylation is 1. The van der Waals surface area contributed by atoms with Crippen LogP contribution >= 0.6 is 0 Å². The van der Waals surface area contributed by atoms with Crippen LogP contribution in [0, 0.1) is 0 Å². The molecule has 1 aromatic carbocycles. The van der Waals surface area contributed by atoms with Crippen molar-refractivity contribution >= 4 is 6.41 Å². The van der Waals surface area contributed by atoms with Gasteiger partial charge in [-0.1, -0.05) is 19.1 Å². The lowest BCUT2D eigenvalue weighted by Crippen LogP contribution is -2.09. The number of benzene rings is 1. The smallest absolute Gasteiger partial charge is 0.207 e. The standard InChI is InChI=1S/C10H13NO2/c1-2-9-5-8(6-11-7-12)3-4-10(9)13/h3-5,7,13H,2,6H2,1H3,(H,11,12). The van der Waals surface area contributed by atoms with Crippen LogP contribution in [-0.2, 0) is 17.8 Å². The zero-order chi connectivity index (χ0) is 9.68. The second-order valence-electron chi connectivity index (χ2n) is 2.82. The van der Waals surface area contributed by atoms with Crippen molar-refractivity contribution in [2.24, 2.45) is 0 Å². The fraction of sp³-hybridized carbons (Fsp3) is 0.300. The van der Waals surface area contributed by atoms with Crippen LogP contribution < -0.4 is 5.32 Å². The number of phenolic OH excluding ortho intramolecular Hbond substituents is 1. The number of hydrogen-bond acceptors (Lipinski definition) is 2. The first kappa shape index (κ1) is 9.58. The van der Waals surface area contributed by atoms with Crippen LogP contribution in [0.5, 0.6) is 5.75 Å². The molecule has 0 aliphatic rings. The van der Waals surface area contributed by atoms with Crippen LogP contribution in [0.2, 0.25) is 0 Å². The zero-order valence-electron chi connectivity index (χ0n) is 7.58. The molecule has 3 heteroatoms. The van der Waals surface area contributed by atoms with E-state index in [-0.39, 0.29) is 0 Å². The number of hydrogen-bond donors (Lipinski definition) is 2. The maximum absolute atomic E-state index is 10.0. The van der Waals surface area contributed by atoms with Crippen molar-refractivity contribution in [1.29, 1.82) is 0 Å². The quantitative estimate of drug-likeness (QED) is 0.682. The largest absolute Gasteiger partial charge is 0.508 e. The SMILES string of the molecule is CCc1cc(CNC=O)ccc1O. The summed E-state index contributed by atoms with van der Waals surface area (Å²) in [7, 11) is 0. The summed E-state index contributed by atoms with van der Waals surface area (Å²) in [5.41, 5.74) is 1.91. The molecule has 0 radical (unpaired) electrons. The maximum atomic E-state index is 10.0. The van der Waals surface area contributed by atoms with Crippen molar-refractivity contribution in [1.82, 2.24) is 5.32 Å². The third-order valence-corrected chi connectivity index (χ3v) is 1.91. The summed E-state index contributed by atoms with van der Waals surface area (Å²) in [5, 5.41) is 11.9. The highest BCUT2D eigenvalue weighted by atomic mass is 16.3. The van der Waals surface area contributed by atoms with Gasteiger partial charge in [-0.3, -0.25) is 4.79 Å². The molecule has 0 fully saturated rings. The number of rotatable bonds is 4. The summed E-state index contributed by atoms with van der Waals surface area (Å²) in [4.78, 5) is 10.0. The fourth-order valence-electron chi connectivity index (χ4n) is 1.19. The zero-order valence-corrected chi connectivity index (χ0v) is 7.58. The van der Waals surface area contributed by atoms with Crippen LogP contribution in [0.4, 0.5) is 0 Å². The Balaban J connectivity index is 2.79. The molecule has 13 heavy (non-hydrogen) atoms. The van der Waals surface area contributed by atoms with E-state index in [2.05, 4.69) is 5.32 Å². The lowest BCUT2D eigenvalue weighted by molar-refractivity contribution is -0.109. The summed E-state index contributed by atoms with van der Waals surface area (Å²) < 4.78 is 0. The summed E-state index contributed by atoms with van der Waals surface area (Å²) in [5.74, 6) is 0.317. The van der Waals surface area contributed by atoms with Gasteiger partial charge in [0.05, 0.1) is 0 Å². The van der Waals surface area contributed by atoms with Gasteiger partial charge in [0.2, 0.25) is 6.41 Å². The van der Waals surface area contributed by atoms with Gasteiger partial charge < -0.3 is 10.4 Å². The van der Waals surface area contributed by atoms with E-state index in [0.717, 1.165) is 17.5 Å². The Morgan fingerprint density at radius 3 is 2.92 bits per heavy atom. The van der Waals surface area contributed by atoms with Crippen molar-refractivity contribution in [2.75, 3.05) is 0 Å². The van der Waals surface area contributed by atoms with Crippen molar-refractivity contribution in [3.05, 3.63) is 29.3 Å². The number of amides is 1. The van der Waals surface area contributed by atoms with E-state index in [9.17, 15) is 9.90 Å². The lowest BCUT2D eigenvalue weighted by Gasteiger charge is -2.04. The third kappa shape index (κ3) is 2.47. The summed E-state index contributed by atoms with van der Waals surface area (Å²) in [6, 6.07) is 5.34. The molecule has 1 aromatic rings. The first-order valence-electron chi connectivity index (χ1n) is 4.25. The molecule has 0 saturated heterocycles. The molecular formula is C10H13NO2. The van der Waals surface area contributed by atoms with Gasteiger partial charge in [-0.05, 0) is 23.6 Å². The highest BCUT2D eigenvalue weighted by molar-refractivity contribution is 5.46. The second-order valence-corrected chi connectivity index (χ2v) is 2.82. The molecule has 2 N–H and O–H groups in total. The van der Waals surface area contributed by atoms with Gasteiger partial charge in [0.25, 0.3) is 0 Å². The molecule has 0 aromatic heterocycles. The van der Waals surface area contributed by atoms with Gasteiger partial charge in [0, 0.05) is 6.54 Å². The van der Waals surface area contributed by atoms with Gasteiger partial charge in [0.1, 0.15) is 5.75 Å². The Bertz CT molecular complexity index is 297. The van der Waals surface area contributed by atoms with Crippen LogP contribution in [0.25, 0.3) is 0 Å². The van der Waals surface area contributed by atoms with Gasteiger partial charge in [0.15, 0.2) is 0 Å². The maximum Gasteiger partial charge on any atom is 0.207 e. The predicted octanol–water partition coefficient (Wildman–Crippen LogP) is 1.20. The number of nitrogens with one attached hydrogen (secondary N) is 1. The first-order valence-corrected chi connectivity index (χ1v) is 4.25. The average molecular weight is 179 g/mol. The van der Waals surface area contributed by atoms with E-state index in [0.29, 0.717) is 18.7 Å². The van der Waals surface area contributed by atoms with Crippen molar-refractivity contribution in [3.8, 4) is 5.75 Å². The number of carbonyl (C=O) groups is 1. The van der Waals surface area contributed by atoms with E-state index < -0.39 is 0 Å². The average Bonchev–Trinajstić information content (AvgIpc) is 2.16. The van der Waals surface area contributed by atoms with Crippen LogP contribution in [0.15, 0.2) is 18.2 Å². The number of carbonyl (C=O) groups excluding carboxylic acids is 1. The molecule has 0 aliphatic heterocycles. The van der Waals surface area contributed by atoms with Crippen LogP contribution in [0.1, 0.15) is 18.1 Å². The summed E-state index contributed by atoms with van der Waals surface area (Å²) in [6.45, 7) is 2.49. The highest BCUT2D eigenvalue weighted by Crippen LogP contribution is 2.18. The monoisotopic (exact) mass is 179 g/mol. The van der Waals surface area contributed by atoms with E-state index in [1.165, 1.54) is 0 Å². The van der Waals surface area contributed by atoms with Gasteiger partial charge >= 0.3 is 0 Å². The summed E-state index contributed by atoms with van der Waals surface area (Å²) >= 11 is 0. The molecule has 0 saturated carbocycles. The highest BCUT2D eigenvalue weighted by Gasteiger charge is 1.99. The molecule has 1 rings (SSSR count). The van der Waals surface area contributed by atoms with Crippen molar-refractivity contribution in [3.63, 3.8) is 0 Å². The Morgan fingerprint density at radius 1 is 1.54 bits per heavy atom. The Hall–Kier alpha value is -1.51. The van der Waals surface area contributed by atoms with Gasteiger partial charge in [-0.25, -0.2) is 0 Å². The Morgan fingerprint density at radius 2 is 2.31 bits per heavy atom. The minimum absolute atomic E-state index is 0.317. The minimum atomic E-state index is 0.317. The van der Waals surface area contributed by atoms with Crippen molar-refractivity contribution < 1.29 is 9.90 Å². The molecule has 0 heterocycles. The Kier molecular flexibility index (Phi) is 3.31. The van der Waals surface area contributed by atoms with Crippen LogP contribution in [0.3, 0.4) is 0 Å². The molecule has 0 bridgehead atoms. The number of aromatic hydroxyl groups is 1. The molecule has 0 aliphatic carbocycles. The van der Waals surface area contributed by atoms with Gasteiger partial charge in [-0.2, -0.15) is 0 Å². The molecule has 3 nitrogen and oxygen atoms in total.